The van der Waals surface area contributed by atoms with E-state index in [2.05, 4.69) is 12.2 Å². The van der Waals surface area contributed by atoms with Gasteiger partial charge >= 0.3 is 0 Å². The number of ether oxygens (including phenoxy) is 1. The molecule has 0 aromatic heterocycles. The van der Waals surface area contributed by atoms with E-state index in [9.17, 15) is 5.11 Å². The largest absolute Gasteiger partial charge is 0.388 e. The smallest absolute Gasteiger partial charge is 0.0815 e. The molecule has 2 atom stereocenters. The number of rotatable bonds is 4. The summed E-state index contributed by atoms with van der Waals surface area (Å²) in [6, 6.07) is 0.636. The van der Waals surface area contributed by atoms with E-state index >= 15 is 0 Å². The second kappa shape index (κ2) is 5.48. The highest BCUT2D eigenvalue weighted by atomic mass is 16.5. The lowest BCUT2D eigenvalue weighted by Gasteiger charge is -2.33. The predicted molar refractivity (Wildman–Crippen MR) is 64.4 cm³/mol. The highest BCUT2D eigenvalue weighted by Gasteiger charge is 2.31. The Hall–Kier alpha value is -0.120. The van der Waals surface area contributed by atoms with Gasteiger partial charge in [0.05, 0.1) is 5.60 Å². The Balaban J connectivity index is 1.70. The molecular formula is C13H25NO2. The number of hydrogen-bond acceptors (Lipinski definition) is 3. The summed E-state index contributed by atoms with van der Waals surface area (Å²) in [4.78, 5) is 0. The molecule has 94 valence electrons. The lowest BCUT2D eigenvalue weighted by atomic mass is 9.94. The van der Waals surface area contributed by atoms with Crippen LogP contribution in [0.5, 0.6) is 0 Å². The van der Waals surface area contributed by atoms with Gasteiger partial charge in [0.2, 0.25) is 0 Å². The van der Waals surface area contributed by atoms with Gasteiger partial charge in [-0.25, -0.2) is 0 Å². The van der Waals surface area contributed by atoms with Gasteiger partial charge in [0, 0.05) is 38.6 Å². The molecule has 1 heterocycles. The summed E-state index contributed by atoms with van der Waals surface area (Å²) in [5.74, 6) is 0.904. The van der Waals surface area contributed by atoms with Crippen LogP contribution in [0.2, 0.25) is 0 Å². The van der Waals surface area contributed by atoms with Crippen molar-refractivity contribution in [2.75, 3.05) is 19.8 Å². The quantitative estimate of drug-likeness (QED) is 0.768. The predicted octanol–water partition coefficient (Wildman–Crippen LogP) is 1.70. The van der Waals surface area contributed by atoms with E-state index in [-0.39, 0.29) is 0 Å². The Morgan fingerprint density at radius 1 is 1.31 bits per heavy atom. The summed E-state index contributed by atoms with van der Waals surface area (Å²) < 4.78 is 5.28. The minimum absolute atomic E-state index is 0.511. The van der Waals surface area contributed by atoms with Gasteiger partial charge in [-0.1, -0.05) is 13.3 Å². The second-order valence-corrected chi connectivity index (χ2v) is 5.50. The molecule has 2 N–H and O–H groups in total. The minimum Gasteiger partial charge on any atom is -0.388 e. The zero-order chi connectivity index (χ0) is 11.4. The van der Waals surface area contributed by atoms with Crippen LogP contribution in [0.15, 0.2) is 0 Å². The van der Waals surface area contributed by atoms with Crippen molar-refractivity contribution < 1.29 is 9.84 Å². The molecule has 2 rings (SSSR count). The average molecular weight is 227 g/mol. The molecule has 1 aliphatic carbocycles. The standard InChI is InChI=1S/C13H25NO2/c1-2-11-3-4-12(9-11)14-10-13(15)5-7-16-8-6-13/h11-12,14-15H,2-10H2,1H3. The molecule has 1 aliphatic heterocycles. The number of aliphatic hydroxyl groups is 1. The van der Waals surface area contributed by atoms with Crippen molar-refractivity contribution in [1.29, 1.82) is 0 Å². The second-order valence-electron chi connectivity index (χ2n) is 5.50. The Kier molecular flexibility index (Phi) is 4.22. The fraction of sp³-hybridized carbons (Fsp3) is 1.00. The van der Waals surface area contributed by atoms with Crippen molar-refractivity contribution in [3.05, 3.63) is 0 Å². The van der Waals surface area contributed by atoms with E-state index in [1.807, 2.05) is 0 Å². The third-order valence-corrected chi connectivity index (χ3v) is 4.26. The normalized spacial score (nSPS) is 34.1. The molecule has 16 heavy (non-hydrogen) atoms. The Morgan fingerprint density at radius 2 is 2.06 bits per heavy atom. The monoisotopic (exact) mass is 227 g/mol. The van der Waals surface area contributed by atoms with Crippen LogP contribution in [0, 0.1) is 5.92 Å². The van der Waals surface area contributed by atoms with Crippen molar-refractivity contribution in [1.82, 2.24) is 5.32 Å². The van der Waals surface area contributed by atoms with Crippen LogP contribution in [0.3, 0.4) is 0 Å². The number of hydrogen-bond donors (Lipinski definition) is 2. The zero-order valence-corrected chi connectivity index (χ0v) is 10.4. The molecule has 0 bridgehead atoms. The van der Waals surface area contributed by atoms with E-state index in [1.165, 1.54) is 25.7 Å². The lowest BCUT2D eigenvalue weighted by Crippen LogP contribution is -2.47. The fourth-order valence-electron chi connectivity index (χ4n) is 2.89. The van der Waals surface area contributed by atoms with E-state index in [0.29, 0.717) is 19.3 Å². The van der Waals surface area contributed by atoms with Crippen molar-refractivity contribution in [2.45, 2.75) is 57.1 Å². The van der Waals surface area contributed by atoms with Crippen LogP contribution < -0.4 is 5.32 Å². The highest BCUT2D eigenvalue weighted by Crippen LogP contribution is 2.28. The van der Waals surface area contributed by atoms with Crippen LogP contribution >= 0.6 is 0 Å². The molecule has 0 amide bonds. The molecule has 0 aromatic rings. The number of nitrogens with one attached hydrogen (secondary N) is 1. The lowest BCUT2D eigenvalue weighted by molar-refractivity contribution is -0.0627. The summed E-state index contributed by atoms with van der Waals surface area (Å²) in [5.41, 5.74) is -0.511. The summed E-state index contributed by atoms with van der Waals surface area (Å²) >= 11 is 0. The van der Waals surface area contributed by atoms with Gasteiger partial charge in [0.1, 0.15) is 0 Å². The SMILES string of the molecule is CCC1CCC(NCC2(O)CCOCC2)C1. The first-order chi connectivity index (χ1) is 7.72. The Bertz CT molecular complexity index is 214. The van der Waals surface area contributed by atoms with Crippen molar-refractivity contribution in [3.8, 4) is 0 Å². The molecule has 1 saturated carbocycles. The Morgan fingerprint density at radius 3 is 2.69 bits per heavy atom. The van der Waals surface area contributed by atoms with E-state index in [0.717, 1.165) is 25.3 Å². The van der Waals surface area contributed by atoms with Crippen LogP contribution in [-0.2, 0) is 4.74 Å². The van der Waals surface area contributed by atoms with Crippen LogP contribution in [0.25, 0.3) is 0 Å². The average Bonchev–Trinajstić information content (AvgIpc) is 2.75. The maximum absolute atomic E-state index is 10.3. The van der Waals surface area contributed by atoms with Crippen molar-refractivity contribution in [3.63, 3.8) is 0 Å². The summed E-state index contributed by atoms with van der Waals surface area (Å²) in [6.07, 6.45) is 6.80. The molecule has 2 unspecified atom stereocenters. The van der Waals surface area contributed by atoms with Gasteiger partial charge in [-0.2, -0.15) is 0 Å². The topological polar surface area (TPSA) is 41.5 Å². The van der Waals surface area contributed by atoms with Crippen LogP contribution in [-0.4, -0.2) is 36.5 Å². The van der Waals surface area contributed by atoms with E-state index in [1.54, 1.807) is 0 Å². The fourth-order valence-corrected chi connectivity index (χ4v) is 2.89. The molecule has 3 heteroatoms. The van der Waals surface area contributed by atoms with Crippen LogP contribution in [0.4, 0.5) is 0 Å². The van der Waals surface area contributed by atoms with E-state index < -0.39 is 5.60 Å². The molecule has 2 fully saturated rings. The highest BCUT2D eigenvalue weighted by molar-refractivity contribution is 4.87. The van der Waals surface area contributed by atoms with Gasteiger partial charge in [-0.15, -0.1) is 0 Å². The van der Waals surface area contributed by atoms with Gasteiger partial charge < -0.3 is 15.2 Å². The van der Waals surface area contributed by atoms with Gasteiger partial charge in [-0.05, 0) is 25.2 Å². The maximum atomic E-state index is 10.3. The molecule has 3 nitrogen and oxygen atoms in total. The van der Waals surface area contributed by atoms with Gasteiger partial charge in [0.25, 0.3) is 0 Å². The summed E-state index contributed by atoms with van der Waals surface area (Å²) in [7, 11) is 0. The van der Waals surface area contributed by atoms with Crippen molar-refractivity contribution in [2.24, 2.45) is 5.92 Å². The minimum atomic E-state index is -0.511. The molecule has 2 aliphatic rings. The molecule has 0 radical (unpaired) electrons. The van der Waals surface area contributed by atoms with Crippen molar-refractivity contribution >= 4 is 0 Å². The maximum Gasteiger partial charge on any atom is 0.0815 e. The zero-order valence-electron chi connectivity index (χ0n) is 10.4. The first-order valence-corrected chi connectivity index (χ1v) is 6.75. The third kappa shape index (κ3) is 3.19. The first kappa shape index (κ1) is 12.3. The van der Waals surface area contributed by atoms with Crippen LogP contribution in [0.1, 0.15) is 45.4 Å². The molecule has 1 saturated heterocycles. The summed E-state index contributed by atoms with van der Waals surface area (Å²) in [6.45, 7) is 4.44. The first-order valence-electron chi connectivity index (χ1n) is 6.75. The summed E-state index contributed by atoms with van der Waals surface area (Å²) in [5, 5.41) is 13.9. The molecule has 0 aromatic carbocycles. The molecule has 0 spiro atoms. The third-order valence-electron chi connectivity index (χ3n) is 4.26. The Labute approximate surface area is 98.6 Å². The molecular weight excluding hydrogens is 202 g/mol. The van der Waals surface area contributed by atoms with Gasteiger partial charge in [0.15, 0.2) is 0 Å². The van der Waals surface area contributed by atoms with Gasteiger partial charge in [-0.3, -0.25) is 0 Å². The van der Waals surface area contributed by atoms with E-state index in [4.69, 9.17) is 4.74 Å².